The fraction of sp³-hybridized carbons (Fsp3) is 0.526. The van der Waals surface area contributed by atoms with E-state index in [1.54, 1.807) is 27.0 Å². The topological polar surface area (TPSA) is 78.9 Å². The predicted octanol–water partition coefficient (Wildman–Crippen LogP) is 3.85. The lowest BCUT2D eigenvalue weighted by Crippen LogP contribution is -2.38. The summed E-state index contributed by atoms with van der Waals surface area (Å²) in [7, 11) is 0. The van der Waals surface area contributed by atoms with Crippen molar-refractivity contribution in [2.75, 3.05) is 6.26 Å². The number of rotatable bonds is 6. The van der Waals surface area contributed by atoms with Crippen molar-refractivity contribution in [3.63, 3.8) is 0 Å². The van der Waals surface area contributed by atoms with Gasteiger partial charge in [0.05, 0.1) is 4.90 Å². The number of carbonyl (C=O) groups excluding carboxylic acids is 3. The normalized spacial score (nSPS) is 18.5. The summed E-state index contributed by atoms with van der Waals surface area (Å²) in [6.45, 7) is 4.89. The van der Waals surface area contributed by atoms with E-state index in [0.717, 1.165) is 17.8 Å². The van der Waals surface area contributed by atoms with Crippen molar-refractivity contribution in [2.45, 2.75) is 50.4 Å². The molecule has 28 heavy (non-hydrogen) atoms. The number of fused-ring (bicyclic) bond motifs is 1. The summed E-state index contributed by atoms with van der Waals surface area (Å²) in [5, 5.41) is 0. The van der Waals surface area contributed by atoms with Crippen molar-refractivity contribution in [2.24, 2.45) is 11.8 Å². The van der Waals surface area contributed by atoms with Gasteiger partial charge in [-0.2, -0.15) is 0 Å². The summed E-state index contributed by atoms with van der Waals surface area (Å²) in [4.78, 5) is 38.6. The summed E-state index contributed by atoms with van der Waals surface area (Å²) in [6.07, 6.45) is -1.07. The molecule has 1 aromatic carbocycles. The number of benzene rings is 1. The maximum atomic E-state index is 13.4. The molecule has 1 heterocycles. The lowest BCUT2D eigenvalue weighted by Gasteiger charge is -2.23. The van der Waals surface area contributed by atoms with Gasteiger partial charge in [0.25, 0.3) is 0 Å². The van der Waals surface area contributed by atoms with Crippen molar-refractivity contribution in [3.8, 4) is 11.5 Å². The van der Waals surface area contributed by atoms with Gasteiger partial charge in [0.1, 0.15) is 5.60 Å². The van der Waals surface area contributed by atoms with E-state index in [-0.39, 0.29) is 27.9 Å². The molecule has 1 aliphatic carbocycles. The minimum absolute atomic E-state index is 0.0580. The van der Waals surface area contributed by atoms with Crippen LogP contribution >= 0.6 is 11.8 Å². The third-order valence-corrected chi connectivity index (χ3v) is 4.98. The Morgan fingerprint density at radius 2 is 1.86 bits per heavy atom. The minimum atomic E-state index is -3.84. The molecule has 9 heteroatoms. The number of halogens is 2. The van der Waals surface area contributed by atoms with E-state index < -0.39 is 35.3 Å². The SMILES string of the molecule is CSc1c(C(=O)C(C(=O)OC(C)(C)C)C(=O)C2CC2)ccc2c1OC(F)(F)O2. The molecule has 152 valence electrons. The Morgan fingerprint density at radius 3 is 2.39 bits per heavy atom. The molecule has 1 unspecified atom stereocenters. The number of carbonyl (C=O) groups is 3. The number of ketones is 2. The molecule has 3 rings (SSSR count). The van der Waals surface area contributed by atoms with Gasteiger partial charge in [0, 0.05) is 11.5 Å². The van der Waals surface area contributed by atoms with Crippen LogP contribution in [0.2, 0.25) is 0 Å². The van der Waals surface area contributed by atoms with Crippen LogP contribution in [-0.4, -0.2) is 35.7 Å². The van der Waals surface area contributed by atoms with Crippen molar-refractivity contribution in [1.82, 2.24) is 0 Å². The van der Waals surface area contributed by atoms with Crippen LogP contribution in [0.1, 0.15) is 44.0 Å². The Balaban J connectivity index is 2.00. The van der Waals surface area contributed by atoms with Crippen LogP contribution in [0.4, 0.5) is 8.78 Å². The summed E-state index contributed by atoms with van der Waals surface area (Å²) < 4.78 is 41.1. The number of ether oxygens (including phenoxy) is 3. The fourth-order valence-corrected chi connectivity index (χ4v) is 3.57. The van der Waals surface area contributed by atoms with Crippen LogP contribution in [0.25, 0.3) is 0 Å². The van der Waals surface area contributed by atoms with E-state index in [4.69, 9.17) is 4.74 Å². The summed E-state index contributed by atoms with van der Waals surface area (Å²) in [5.41, 5.74) is -0.948. The van der Waals surface area contributed by atoms with Crippen molar-refractivity contribution in [3.05, 3.63) is 17.7 Å². The number of hydrogen-bond donors (Lipinski definition) is 0. The largest absolute Gasteiger partial charge is 0.586 e. The van der Waals surface area contributed by atoms with Gasteiger partial charge >= 0.3 is 12.3 Å². The molecule has 0 bridgehead atoms. The van der Waals surface area contributed by atoms with Gasteiger partial charge in [-0.25, -0.2) is 0 Å². The maximum absolute atomic E-state index is 13.4. The molecule has 0 radical (unpaired) electrons. The second kappa shape index (κ2) is 7.02. The first kappa shape index (κ1) is 20.6. The number of Topliss-reactive ketones (excluding diaryl/α,β-unsaturated/α-hetero) is 2. The molecule has 1 aliphatic heterocycles. The summed E-state index contributed by atoms with van der Waals surface area (Å²) >= 11 is 0.985. The Bertz CT molecular complexity index is 842. The van der Waals surface area contributed by atoms with E-state index in [1.807, 2.05) is 0 Å². The van der Waals surface area contributed by atoms with Crippen LogP contribution in [0.5, 0.6) is 11.5 Å². The first-order valence-corrected chi connectivity index (χ1v) is 9.93. The van der Waals surface area contributed by atoms with Gasteiger partial charge in [-0.05, 0) is 52.0 Å². The maximum Gasteiger partial charge on any atom is 0.586 e. The third-order valence-electron chi connectivity index (χ3n) is 4.16. The lowest BCUT2D eigenvalue weighted by atomic mass is 9.90. The molecule has 1 atom stereocenters. The molecule has 0 spiro atoms. The molecular weight excluding hydrogens is 394 g/mol. The van der Waals surface area contributed by atoms with Crippen LogP contribution in [0, 0.1) is 11.8 Å². The van der Waals surface area contributed by atoms with Gasteiger partial charge < -0.3 is 14.2 Å². The van der Waals surface area contributed by atoms with Gasteiger partial charge in [0.2, 0.25) is 0 Å². The highest BCUT2D eigenvalue weighted by Gasteiger charge is 2.48. The number of hydrogen-bond acceptors (Lipinski definition) is 7. The summed E-state index contributed by atoms with van der Waals surface area (Å²) in [6, 6.07) is 2.42. The highest BCUT2D eigenvalue weighted by Crippen LogP contribution is 2.48. The smallest absolute Gasteiger partial charge is 0.459 e. The lowest BCUT2D eigenvalue weighted by molar-refractivity contribution is -0.287. The van der Waals surface area contributed by atoms with Crippen LogP contribution in [-0.2, 0) is 14.3 Å². The zero-order chi connectivity index (χ0) is 20.9. The van der Waals surface area contributed by atoms with Gasteiger partial charge in [-0.15, -0.1) is 20.5 Å². The van der Waals surface area contributed by atoms with E-state index in [1.165, 1.54) is 6.07 Å². The van der Waals surface area contributed by atoms with E-state index >= 15 is 0 Å². The zero-order valence-electron chi connectivity index (χ0n) is 15.8. The Labute approximate surface area is 164 Å². The van der Waals surface area contributed by atoms with Gasteiger partial charge in [-0.1, -0.05) is 0 Å². The molecule has 0 N–H and O–H groups in total. The first-order chi connectivity index (χ1) is 12.9. The van der Waals surface area contributed by atoms with Crippen molar-refractivity contribution < 1.29 is 37.4 Å². The highest BCUT2D eigenvalue weighted by molar-refractivity contribution is 7.98. The van der Waals surface area contributed by atoms with Crippen LogP contribution in [0.3, 0.4) is 0 Å². The minimum Gasteiger partial charge on any atom is -0.459 e. The van der Waals surface area contributed by atoms with E-state index in [0.29, 0.717) is 12.8 Å². The monoisotopic (exact) mass is 414 g/mol. The molecule has 6 nitrogen and oxygen atoms in total. The summed E-state index contributed by atoms with van der Waals surface area (Å²) in [5.74, 6) is -4.75. The Hall–Kier alpha value is -2.16. The second-order valence-corrected chi connectivity index (χ2v) is 8.46. The highest BCUT2D eigenvalue weighted by atomic mass is 32.2. The molecule has 0 amide bonds. The first-order valence-electron chi connectivity index (χ1n) is 8.71. The molecule has 0 aromatic heterocycles. The molecule has 0 saturated heterocycles. The van der Waals surface area contributed by atoms with Gasteiger partial charge in [-0.3, -0.25) is 14.4 Å². The number of thioether (sulfide) groups is 1. The number of alkyl halides is 2. The van der Waals surface area contributed by atoms with E-state index in [2.05, 4.69) is 9.47 Å². The number of esters is 1. The van der Waals surface area contributed by atoms with Crippen LogP contribution < -0.4 is 9.47 Å². The van der Waals surface area contributed by atoms with Crippen molar-refractivity contribution >= 4 is 29.3 Å². The molecule has 1 fully saturated rings. The molecule has 1 aromatic rings. The molecule has 1 saturated carbocycles. The van der Waals surface area contributed by atoms with E-state index in [9.17, 15) is 23.2 Å². The molecular formula is C19H20F2O6S. The molecule has 2 aliphatic rings. The van der Waals surface area contributed by atoms with Gasteiger partial charge in [0.15, 0.2) is 29.0 Å². The fourth-order valence-electron chi connectivity index (χ4n) is 2.86. The standard InChI is InChI=1S/C19H20F2O6S/c1-18(2,3)27-17(24)12(13(22)9-5-6-9)14(23)10-7-8-11-15(16(10)28-4)26-19(20,21)25-11/h7-9,12H,5-6H2,1-4H3. The Kier molecular flexibility index (Phi) is 5.16. The Morgan fingerprint density at radius 1 is 1.21 bits per heavy atom. The average molecular weight is 414 g/mol. The van der Waals surface area contributed by atoms with Crippen molar-refractivity contribution in [1.29, 1.82) is 0 Å². The van der Waals surface area contributed by atoms with Crippen LogP contribution in [0.15, 0.2) is 17.0 Å². The quantitative estimate of drug-likeness (QED) is 0.303. The zero-order valence-corrected chi connectivity index (χ0v) is 16.7. The third kappa shape index (κ3) is 4.14. The average Bonchev–Trinajstić information content (AvgIpc) is 3.34. The second-order valence-electron chi connectivity index (χ2n) is 7.65. The predicted molar refractivity (Wildman–Crippen MR) is 95.8 cm³/mol.